The summed E-state index contributed by atoms with van der Waals surface area (Å²) in [7, 11) is 0. The largest absolute Gasteiger partial charge is 0.458 e. The van der Waals surface area contributed by atoms with Crippen molar-refractivity contribution in [1.29, 1.82) is 0 Å². The van der Waals surface area contributed by atoms with Gasteiger partial charge < -0.3 is 14.8 Å². The highest BCUT2D eigenvalue weighted by atomic mass is 16.4. The van der Waals surface area contributed by atoms with Gasteiger partial charge in [0.2, 0.25) is 5.91 Å². The predicted molar refractivity (Wildman–Crippen MR) is 69.1 cm³/mol. The number of rotatable bonds is 3. The molecule has 0 fully saturated rings. The highest BCUT2D eigenvalue weighted by Gasteiger charge is 2.08. The Morgan fingerprint density at radius 1 is 1.22 bits per heavy atom. The number of furan rings is 1. The first kappa shape index (κ1) is 12.4. The van der Waals surface area contributed by atoms with E-state index < -0.39 is 6.10 Å². The standard InChI is InChI=1S/C14H15NO3/c1-9(16)13-7-8-14(18-13)11-3-5-12(6-4-11)15-10(2)17/h3-9,16H,1-2H3,(H,15,17). The molecule has 4 nitrogen and oxygen atoms in total. The predicted octanol–water partition coefficient (Wildman–Crippen LogP) is 2.96. The van der Waals surface area contributed by atoms with E-state index in [0.29, 0.717) is 11.5 Å². The minimum absolute atomic E-state index is 0.0999. The topological polar surface area (TPSA) is 62.5 Å². The minimum Gasteiger partial charge on any atom is -0.458 e. The van der Waals surface area contributed by atoms with Crippen molar-refractivity contribution >= 4 is 11.6 Å². The lowest BCUT2D eigenvalue weighted by molar-refractivity contribution is -0.114. The van der Waals surface area contributed by atoms with Crippen LogP contribution in [0.2, 0.25) is 0 Å². The van der Waals surface area contributed by atoms with Crippen LogP contribution in [-0.4, -0.2) is 11.0 Å². The summed E-state index contributed by atoms with van der Waals surface area (Å²) < 4.78 is 5.51. The van der Waals surface area contributed by atoms with Crippen LogP contribution in [0.4, 0.5) is 5.69 Å². The molecule has 2 rings (SSSR count). The van der Waals surface area contributed by atoms with Crippen LogP contribution in [0.3, 0.4) is 0 Å². The van der Waals surface area contributed by atoms with Crippen LogP contribution in [0.15, 0.2) is 40.8 Å². The summed E-state index contributed by atoms with van der Waals surface area (Å²) >= 11 is 0. The van der Waals surface area contributed by atoms with Gasteiger partial charge in [-0.05, 0) is 43.3 Å². The molecular formula is C14H15NO3. The van der Waals surface area contributed by atoms with Crippen molar-refractivity contribution < 1.29 is 14.3 Å². The van der Waals surface area contributed by atoms with Crippen LogP contribution in [0.1, 0.15) is 25.7 Å². The first-order valence-electron chi connectivity index (χ1n) is 5.72. The molecule has 0 saturated carbocycles. The van der Waals surface area contributed by atoms with Gasteiger partial charge in [0.1, 0.15) is 17.6 Å². The zero-order chi connectivity index (χ0) is 13.1. The molecule has 0 aliphatic rings. The van der Waals surface area contributed by atoms with E-state index >= 15 is 0 Å². The maximum atomic E-state index is 10.9. The van der Waals surface area contributed by atoms with Crippen molar-refractivity contribution in [2.24, 2.45) is 0 Å². The Hall–Kier alpha value is -2.07. The molecule has 1 aromatic heterocycles. The van der Waals surface area contributed by atoms with Gasteiger partial charge in [-0.3, -0.25) is 4.79 Å². The van der Waals surface area contributed by atoms with Gasteiger partial charge in [-0.15, -0.1) is 0 Å². The van der Waals surface area contributed by atoms with Crippen molar-refractivity contribution in [3.05, 3.63) is 42.2 Å². The number of benzene rings is 1. The van der Waals surface area contributed by atoms with Crippen LogP contribution in [-0.2, 0) is 4.79 Å². The summed E-state index contributed by atoms with van der Waals surface area (Å²) in [5.74, 6) is 1.13. The highest BCUT2D eigenvalue weighted by Crippen LogP contribution is 2.26. The molecule has 1 atom stereocenters. The normalized spacial score (nSPS) is 12.2. The molecule has 18 heavy (non-hydrogen) atoms. The van der Waals surface area contributed by atoms with Gasteiger partial charge in [-0.2, -0.15) is 0 Å². The number of carbonyl (C=O) groups excluding carboxylic acids is 1. The molecule has 94 valence electrons. The fourth-order valence-electron chi connectivity index (χ4n) is 1.65. The summed E-state index contributed by atoms with van der Waals surface area (Å²) in [6.07, 6.45) is -0.614. The Morgan fingerprint density at radius 3 is 2.39 bits per heavy atom. The lowest BCUT2D eigenvalue weighted by Crippen LogP contribution is -2.05. The van der Waals surface area contributed by atoms with Gasteiger partial charge in [0.15, 0.2) is 0 Å². The van der Waals surface area contributed by atoms with Crippen molar-refractivity contribution in [3.63, 3.8) is 0 Å². The van der Waals surface area contributed by atoms with Crippen LogP contribution in [0.25, 0.3) is 11.3 Å². The first-order chi connectivity index (χ1) is 8.56. The minimum atomic E-state index is -0.614. The number of anilines is 1. The molecule has 0 aliphatic heterocycles. The summed E-state index contributed by atoms with van der Waals surface area (Å²) in [6.45, 7) is 3.12. The average Bonchev–Trinajstić information content (AvgIpc) is 2.78. The Morgan fingerprint density at radius 2 is 1.89 bits per heavy atom. The average molecular weight is 245 g/mol. The van der Waals surface area contributed by atoms with E-state index in [1.807, 2.05) is 18.2 Å². The zero-order valence-corrected chi connectivity index (χ0v) is 10.3. The molecule has 0 saturated heterocycles. The van der Waals surface area contributed by atoms with Crippen molar-refractivity contribution in [2.45, 2.75) is 20.0 Å². The molecule has 2 N–H and O–H groups in total. The van der Waals surface area contributed by atoms with E-state index in [4.69, 9.17) is 4.42 Å². The third-order valence-corrected chi connectivity index (χ3v) is 2.53. The number of nitrogens with one attached hydrogen (secondary N) is 1. The Kier molecular flexibility index (Phi) is 3.48. The maximum absolute atomic E-state index is 10.9. The molecule has 4 heteroatoms. The van der Waals surface area contributed by atoms with E-state index in [1.54, 1.807) is 25.1 Å². The molecule has 0 radical (unpaired) electrons. The summed E-state index contributed by atoms with van der Waals surface area (Å²) in [5, 5.41) is 12.1. The van der Waals surface area contributed by atoms with Crippen LogP contribution in [0, 0.1) is 0 Å². The van der Waals surface area contributed by atoms with Gasteiger partial charge in [0.25, 0.3) is 0 Å². The molecule has 0 bridgehead atoms. The number of amides is 1. The molecule has 0 aliphatic carbocycles. The Labute approximate surface area is 105 Å². The fourth-order valence-corrected chi connectivity index (χ4v) is 1.65. The van der Waals surface area contributed by atoms with E-state index in [0.717, 1.165) is 11.3 Å². The molecule has 1 unspecified atom stereocenters. The maximum Gasteiger partial charge on any atom is 0.221 e. The van der Waals surface area contributed by atoms with Crippen molar-refractivity contribution in [3.8, 4) is 11.3 Å². The quantitative estimate of drug-likeness (QED) is 0.873. The van der Waals surface area contributed by atoms with Crippen molar-refractivity contribution in [2.75, 3.05) is 5.32 Å². The number of carbonyl (C=O) groups is 1. The fraction of sp³-hybridized carbons (Fsp3) is 0.214. The van der Waals surface area contributed by atoms with Crippen LogP contribution in [0.5, 0.6) is 0 Å². The SMILES string of the molecule is CC(=O)Nc1ccc(-c2ccc(C(C)O)o2)cc1. The molecular weight excluding hydrogens is 230 g/mol. The summed E-state index contributed by atoms with van der Waals surface area (Å²) in [4.78, 5) is 10.9. The third kappa shape index (κ3) is 2.78. The lowest BCUT2D eigenvalue weighted by atomic mass is 10.1. The second kappa shape index (κ2) is 5.06. The van der Waals surface area contributed by atoms with Gasteiger partial charge in [-0.1, -0.05) is 0 Å². The monoisotopic (exact) mass is 245 g/mol. The molecule has 1 heterocycles. The van der Waals surface area contributed by atoms with Gasteiger partial charge in [0.05, 0.1) is 0 Å². The Bertz CT molecular complexity index is 540. The van der Waals surface area contributed by atoms with Gasteiger partial charge >= 0.3 is 0 Å². The van der Waals surface area contributed by atoms with Gasteiger partial charge in [-0.25, -0.2) is 0 Å². The van der Waals surface area contributed by atoms with E-state index in [1.165, 1.54) is 6.92 Å². The van der Waals surface area contributed by atoms with E-state index in [-0.39, 0.29) is 5.91 Å². The van der Waals surface area contributed by atoms with Crippen LogP contribution >= 0.6 is 0 Å². The van der Waals surface area contributed by atoms with Crippen molar-refractivity contribution in [1.82, 2.24) is 0 Å². The highest BCUT2D eigenvalue weighted by molar-refractivity contribution is 5.88. The summed E-state index contributed by atoms with van der Waals surface area (Å²) in [5.41, 5.74) is 1.64. The number of hydrogen-bond acceptors (Lipinski definition) is 3. The summed E-state index contributed by atoms with van der Waals surface area (Å²) in [6, 6.07) is 10.9. The third-order valence-electron chi connectivity index (χ3n) is 2.53. The van der Waals surface area contributed by atoms with E-state index in [9.17, 15) is 9.90 Å². The number of aliphatic hydroxyl groups is 1. The molecule has 0 spiro atoms. The smallest absolute Gasteiger partial charge is 0.221 e. The molecule has 1 aromatic carbocycles. The van der Waals surface area contributed by atoms with E-state index in [2.05, 4.69) is 5.32 Å². The number of aliphatic hydroxyl groups excluding tert-OH is 1. The Balaban J connectivity index is 2.20. The molecule has 1 amide bonds. The van der Waals surface area contributed by atoms with Gasteiger partial charge in [0, 0.05) is 18.2 Å². The lowest BCUT2D eigenvalue weighted by Gasteiger charge is -2.03. The molecule has 2 aromatic rings. The second-order valence-corrected chi connectivity index (χ2v) is 4.14. The second-order valence-electron chi connectivity index (χ2n) is 4.14. The first-order valence-corrected chi connectivity index (χ1v) is 5.72. The number of hydrogen-bond donors (Lipinski definition) is 2. The zero-order valence-electron chi connectivity index (χ0n) is 10.3. The van der Waals surface area contributed by atoms with Crippen LogP contribution < -0.4 is 5.32 Å².